The highest BCUT2D eigenvalue weighted by Crippen LogP contribution is 2.19. The second kappa shape index (κ2) is 5.87. The van der Waals surface area contributed by atoms with Crippen molar-refractivity contribution >= 4 is 27.1 Å². The van der Waals surface area contributed by atoms with Crippen molar-refractivity contribution in [3.05, 3.63) is 52.2 Å². The van der Waals surface area contributed by atoms with Crippen molar-refractivity contribution in [1.82, 2.24) is 4.72 Å². The maximum Gasteiger partial charge on any atom is 0.241 e. The molecule has 20 heavy (non-hydrogen) atoms. The van der Waals surface area contributed by atoms with Gasteiger partial charge in [0.2, 0.25) is 10.0 Å². The summed E-state index contributed by atoms with van der Waals surface area (Å²) in [5.41, 5.74) is 1.30. The molecule has 1 atom stereocenters. The first-order chi connectivity index (χ1) is 9.40. The minimum absolute atomic E-state index is 0.104. The zero-order chi connectivity index (χ0) is 14.8. The molecule has 1 aromatic heterocycles. The Kier molecular flexibility index (Phi) is 4.37. The Morgan fingerprint density at radius 1 is 1.30 bits per heavy atom. The van der Waals surface area contributed by atoms with Crippen molar-refractivity contribution in [1.29, 1.82) is 0 Å². The van der Waals surface area contributed by atoms with E-state index in [0.717, 1.165) is 5.56 Å². The highest BCUT2D eigenvalue weighted by molar-refractivity contribution is 7.89. The number of hydrogen-bond donors (Lipinski definition) is 1. The van der Waals surface area contributed by atoms with E-state index in [1.54, 1.807) is 19.1 Å². The van der Waals surface area contributed by atoms with Gasteiger partial charge in [0, 0.05) is 11.6 Å². The summed E-state index contributed by atoms with van der Waals surface area (Å²) in [5.74, 6) is -0.159. The van der Waals surface area contributed by atoms with Gasteiger partial charge in [-0.25, -0.2) is 13.1 Å². The highest BCUT2D eigenvalue weighted by atomic mass is 32.2. The molecule has 0 fully saturated rings. The average Bonchev–Trinajstić information content (AvgIpc) is 2.92. The van der Waals surface area contributed by atoms with Gasteiger partial charge in [-0.05, 0) is 48.4 Å². The third kappa shape index (κ3) is 3.33. The van der Waals surface area contributed by atoms with E-state index in [2.05, 4.69) is 4.72 Å². The summed E-state index contributed by atoms with van der Waals surface area (Å²) >= 11 is 1.52. The van der Waals surface area contributed by atoms with Crippen molar-refractivity contribution < 1.29 is 13.2 Å². The monoisotopic (exact) mass is 309 g/mol. The zero-order valence-corrected chi connectivity index (χ0v) is 12.8. The molecule has 1 unspecified atom stereocenters. The van der Waals surface area contributed by atoms with Crippen molar-refractivity contribution in [2.45, 2.75) is 24.8 Å². The Morgan fingerprint density at radius 3 is 2.65 bits per heavy atom. The van der Waals surface area contributed by atoms with Gasteiger partial charge in [0.25, 0.3) is 0 Å². The van der Waals surface area contributed by atoms with E-state index in [1.165, 1.54) is 30.4 Å². The number of rotatable bonds is 5. The second-order valence-corrected chi connectivity index (χ2v) is 6.98. The van der Waals surface area contributed by atoms with Gasteiger partial charge in [0.1, 0.15) is 0 Å². The second-order valence-electron chi connectivity index (χ2n) is 4.48. The van der Waals surface area contributed by atoms with Crippen molar-refractivity contribution in [3.8, 4) is 0 Å². The molecule has 106 valence electrons. The van der Waals surface area contributed by atoms with Crippen molar-refractivity contribution in [2.24, 2.45) is 0 Å². The number of benzene rings is 1. The first-order valence-corrected chi connectivity index (χ1v) is 8.48. The fourth-order valence-corrected chi connectivity index (χ4v) is 3.80. The molecule has 0 radical (unpaired) electrons. The molecule has 0 bridgehead atoms. The lowest BCUT2D eigenvalue weighted by Crippen LogP contribution is -2.26. The molecule has 1 heterocycles. The molecule has 0 aliphatic rings. The van der Waals surface area contributed by atoms with Gasteiger partial charge in [-0.2, -0.15) is 11.3 Å². The summed E-state index contributed by atoms with van der Waals surface area (Å²) < 4.78 is 27.2. The molecule has 2 aromatic rings. The summed E-state index contributed by atoms with van der Waals surface area (Å²) in [4.78, 5) is 11.4. The number of sulfonamides is 1. The van der Waals surface area contributed by atoms with Gasteiger partial charge in [-0.15, -0.1) is 0 Å². The molecule has 0 spiro atoms. The SMILES string of the molecule is CC(=O)c1cccc(S(=O)(=O)NC(C)c2ccsc2)c1. The average molecular weight is 309 g/mol. The fraction of sp³-hybridized carbons (Fsp3) is 0.214. The van der Waals surface area contributed by atoms with Crippen LogP contribution in [0, 0.1) is 0 Å². The summed E-state index contributed by atoms with van der Waals surface area (Å²) in [7, 11) is -3.64. The van der Waals surface area contributed by atoms with Crippen LogP contribution < -0.4 is 4.72 Å². The van der Waals surface area contributed by atoms with Crippen LogP contribution in [-0.2, 0) is 10.0 Å². The molecule has 0 saturated carbocycles. The van der Waals surface area contributed by atoms with Gasteiger partial charge in [-0.1, -0.05) is 12.1 Å². The van der Waals surface area contributed by atoms with E-state index in [-0.39, 0.29) is 16.7 Å². The summed E-state index contributed by atoms with van der Waals surface area (Å²) in [5, 5.41) is 3.80. The maximum atomic E-state index is 12.3. The molecule has 0 aliphatic heterocycles. The van der Waals surface area contributed by atoms with Crippen LogP contribution in [0.2, 0.25) is 0 Å². The summed E-state index contributed by atoms with van der Waals surface area (Å²) in [6.07, 6.45) is 0. The Morgan fingerprint density at radius 2 is 2.05 bits per heavy atom. The van der Waals surface area contributed by atoms with Crippen LogP contribution in [0.1, 0.15) is 35.8 Å². The molecule has 0 saturated heterocycles. The van der Waals surface area contributed by atoms with Crippen LogP contribution in [0.25, 0.3) is 0 Å². The third-order valence-electron chi connectivity index (χ3n) is 2.93. The Balaban J connectivity index is 2.26. The normalized spacial score (nSPS) is 13.1. The van der Waals surface area contributed by atoms with E-state index in [9.17, 15) is 13.2 Å². The molecule has 6 heteroatoms. The molecule has 0 amide bonds. The van der Waals surface area contributed by atoms with Crippen LogP contribution in [0.3, 0.4) is 0 Å². The van der Waals surface area contributed by atoms with E-state index < -0.39 is 10.0 Å². The number of ketones is 1. The maximum absolute atomic E-state index is 12.3. The van der Waals surface area contributed by atoms with E-state index in [1.807, 2.05) is 16.8 Å². The first-order valence-electron chi connectivity index (χ1n) is 6.05. The highest BCUT2D eigenvalue weighted by Gasteiger charge is 2.19. The van der Waals surface area contributed by atoms with E-state index in [4.69, 9.17) is 0 Å². The Labute approximate surface area is 122 Å². The van der Waals surface area contributed by atoms with E-state index >= 15 is 0 Å². The number of thiophene rings is 1. The first kappa shape index (κ1) is 14.9. The molecular formula is C14H15NO3S2. The summed E-state index contributed by atoms with van der Waals surface area (Å²) in [6, 6.07) is 7.61. The number of nitrogens with one attached hydrogen (secondary N) is 1. The zero-order valence-electron chi connectivity index (χ0n) is 11.2. The molecular weight excluding hydrogens is 294 g/mol. The van der Waals surface area contributed by atoms with Gasteiger partial charge in [0.05, 0.1) is 4.90 Å². The van der Waals surface area contributed by atoms with Crippen molar-refractivity contribution in [2.75, 3.05) is 0 Å². The standard InChI is InChI=1S/C14H15NO3S2/c1-10(13-6-7-19-9-13)15-20(17,18)14-5-3-4-12(8-14)11(2)16/h3-10,15H,1-2H3. The number of carbonyl (C=O) groups is 1. The molecule has 1 aromatic carbocycles. The largest absolute Gasteiger partial charge is 0.295 e. The third-order valence-corrected chi connectivity index (χ3v) is 5.17. The predicted molar refractivity (Wildman–Crippen MR) is 79.5 cm³/mol. The summed E-state index contributed by atoms with van der Waals surface area (Å²) in [6.45, 7) is 3.20. The minimum Gasteiger partial charge on any atom is -0.295 e. The van der Waals surface area contributed by atoms with Gasteiger partial charge < -0.3 is 0 Å². The predicted octanol–water partition coefficient (Wildman–Crippen LogP) is 2.99. The van der Waals surface area contributed by atoms with Gasteiger partial charge in [-0.3, -0.25) is 4.79 Å². The van der Waals surface area contributed by atoms with E-state index in [0.29, 0.717) is 5.56 Å². The van der Waals surface area contributed by atoms with Crippen molar-refractivity contribution in [3.63, 3.8) is 0 Å². The lowest BCUT2D eigenvalue weighted by Gasteiger charge is -2.13. The van der Waals surface area contributed by atoms with Crippen LogP contribution in [0.5, 0.6) is 0 Å². The smallest absolute Gasteiger partial charge is 0.241 e. The lowest BCUT2D eigenvalue weighted by molar-refractivity contribution is 0.101. The Hall–Kier alpha value is -1.50. The minimum atomic E-state index is -3.64. The van der Waals surface area contributed by atoms with Gasteiger partial charge in [0.15, 0.2) is 5.78 Å². The van der Waals surface area contributed by atoms with Crippen LogP contribution >= 0.6 is 11.3 Å². The van der Waals surface area contributed by atoms with Crippen LogP contribution in [0.15, 0.2) is 46.0 Å². The molecule has 2 rings (SSSR count). The molecule has 1 N–H and O–H groups in total. The molecule has 4 nitrogen and oxygen atoms in total. The van der Waals surface area contributed by atoms with Crippen LogP contribution in [0.4, 0.5) is 0 Å². The quantitative estimate of drug-likeness (QED) is 0.864. The number of Topliss-reactive ketones (excluding diaryl/α,β-unsaturated/α-hetero) is 1. The topological polar surface area (TPSA) is 63.2 Å². The van der Waals surface area contributed by atoms with Gasteiger partial charge >= 0.3 is 0 Å². The lowest BCUT2D eigenvalue weighted by atomic mass is 10.2. The fourth-order valence-electron chi connectivity index (χ4n) is 1.77. The number of carbonyl (C=O) groups excluding carboxylic acids is 1. The van der Waals surface area contributed by atoms with Crippen LogP contribution in [-0.4, -0.2) is 14.2 Å². The molecule has 0 aliphatic carbocycles. The number of hydrogen-bond acceptors (Lipinski definition) is 4. The Bertz CT molecular complexity index is 706.